The molecule has 0 bridgehead atoms. The fourth-order valence-electron chi connectivity index (χ4n) is 2.79. The summed E-state index contributed by atoms with van der Waals surface area (Å²) in [4.78, 5) is 24.4. The summed E-state index contributed by atoms with van der Waals surface area (Å²) < 4.78 is 36.5. The number of ether oxygens (including phenoxy) is 2. The van der Waals surface area contributed by atoms with Crippen molar-refractivity contribution in [2.75, 3.05) is 17.4 Å². The van der Waals surface area contributed by atoms with Gasteiger partial charge in [0.05, 0.1) is 11.8 Å². The molecule has 2 N–H and O–H groups in total. The average Bonchev–Trinajstić information content (AvgIpc) is 3.29. The van der Waals surface area contributed by atoms with Gasteiger partial charge in [0.2, 0.25) is 18.6 Å². The van der Waals surface area contributed by atoms with E-state index in [9.17, 15) is 18.4 Å². The molecule has 2 atom stereocenters. The van der Waals surface area contributed by atoms with Crippen LogP contribution in [0.4, 0.5) is 20.2 Å². The Kier molecular flexibility index (Phi) is 3.95. The van der Waals surface area contributed by atoms with Crippen LogP contribution in [0.2, 0.25) is 0 Å². The number of anilines is 2. The molecule has 0 saturated heterocycles. The number of carbonyl (C=O) groups excluding carboxylic acids is 2. The van der Waals surface area contributed by atoms with Gasteiger partial charge in [-0.3, -0.25) is 9.59 Å². The van der Waals surface area contributed by atoms with E-state index in [-0.39, 0.29) is 18.4 Å². The van der Waals surface area contributed by atoms with Crippen molar-refractivity contribution in [1.82, 2.24) is 0 Å². The van der Waals surface area contributed by atoms with Gasteiger partial charge in [-0.15, -0.1) is 0 Å². The van der Waals surface area contributed by atoms with E-state index >= 15 is 0 Å². The first-order chi connectivity index (χ1) is 12.5. The molecule has 4 rings (SSSR count). The number of benzene rings is 2. The highest BCUT2D eigenvalue weighted by molar-refractivity contribution is 6.03. The molecular weight excluding hydrogens is 346 g/mol. The zero-order chi connectivity index (χ0) is 18.3. The number of fused-ring (bicyclic) bond motifs is 1. The van der Waals surface area contributed by atoms with E-state index < -0.39 is 29.4 Å². The zero-order valence-electron chi connectivity index (χ0n) is 13.4. The van der Waals surface area contributed by atoms with Gasteiger partial charge in [0.25, 0.3) is 0 Å². The first-order valence-electron chi connectivity index (χ1n) is 7.98. The molecule has 2 amide bonds. The molecule has 1 fully saturated rings. The second kappa shape index (κ2) is 6.29. The Morgan fingerprint density at radius 2 is 1.46 bits per heavy atom. The van der Waals surface area contributed by atoms with Crippen LogP contribution in [-0.2, 0) is 9.59 Å². The fraction of sp³-hybridized carbons (Fsp3) is 0.222. The molecule has 1 aliphatic carbocycles. The number of rotatable bonds is 4. The van der Waals surface area contributed by atoms with Gasteiger partial charge in [-0.25, -0.2) is 8.78 Å². The molecule has 2 unspecified atom stereocenters. The molecule has 2 aromatic rings. The molecule has 1 saturated carbocycles. The van der Waals surface area contributed by atoms with Crippen LogP contribution in [0.3, 0.4) is 0 Å². The first kappa shape index (κ1) is 16.3. The summed E-state index contributed by atoms with van der Waals surface area (Å²) in [6.07, 6.45) is 0.395. The van der Waals surface area contributed by atoms with Crippen LogP contribution in [0.5, 0.6) is 11.5 Å². The third-order valence-corrected chi connectivity index (χ3v) is 4.29. The third-order valence-electron chi connectivity index (χ3n) is 4.29. The highest BCUT2D eigenvalue weighted by Crippen LogP contribution is 2.41. The third kappa shape index (κ3) is 3.17. The number of hydrogen-bond acceptors (Lipinski definition) is 4. The smallest absolute Gasteiger partial charge is 0.231 e. The van der Waals surface area contributed by atoms with Gasteiger partial charge in [-0.05, 0) is 30.7 Å². The van der Waals surface area contributed by atoms with Crippen molar-refractivity contribution in [3.05, 3.63) is 48.0 Å². The molecule has 0 radical (unpaired) electrons. The number of halogens is 2. The zero-order valence-corrected chi connectivity index (χ0v) is 13.4. The van der Waals surface area contributed by atoms with E-state index in [1.54, 1.807) is 18.2 Å². The predicted molar refractivity (Wildman–Crippen MR) is 87.8 cm³/mol. The van der Waals surface area contributed by atoms with Crippen molar-refractivity contribution in [3.63, 3.8) is 0 Å². The predicted octanol–water partition coefficient (Wildman–Crippen LogP) is 2.91. The van der Waals surface area contributed by atoms with E-state index in [1.807, 2.05) is 0 Å². The minimum absolute atomic E-state index is 0.140. The average molecular weight is 360 g/mol. The van der Waals surface area contributed by atoms with Gasteiger partial charge in [-0.2, -0.15) is 0 Å². The van der Waals surface area contributed by atoms with Crippen molar-refractivity contribution < 1.29 is 27.8 Å². The van der Waals surface area contributed by atoms with Crippen molar-refractivity contribution in [1.29, 1.82) is 0 Å². The normalized spacial score (nSPS) is 19.8. The molecular formula is C18H14F2N2O4. The number of carbonyl (C=O) groups is 2. The maximum absolute atomic E-state index is 13.2. The van der Waals surface area contributed by atoms with Crippen LogP contribution in [0, 0.1) is 23.5 Å². The van der Waals surface area contributed by atoms with Gasteiger partial charge >= 0.3 is 0 Å². The minimum atomic E-state index is -1.05. The van der Waals surface area contributed by atoms with Crippen LogP contribution >= 0.6 is 0 Å². The molecule has 134 valence electrons. The summed E-state index contributed by atoms with van der Waals surface area (Å²) in [6.45, 7) is 0.140. The first-order valence-corrected chi connectivity index (χ1v) is 7.98. The van der Waals surface area contributed by atoms with Gasteiger partial charge < -0.3 is 20.1 Å². The van der Waals surface area contributed by atoms with Gasteiger partial charge in [-0.1, -0.05) is 0 Å². The minimum Gasteiger partial charge on any atom is -0.454 e. The summed E-state index contributed by atoms with van der Waals surface area (Å²) in [7, 11) is 0. The van der Waals surface area contributed by atoms with E-state index in [4.69, 9.17) is 9.47 Å². The highest BCUT2D eigenvalue weighted by atomic mass is 19.2. The number of hydrogen-bond donors (Lipinski definition) is 2. The summed E-state index contributed by atoms with van der Waals surface area (Å²) in [5, 5.41) is 5.23. The summed E-state index contributed by atoms with van der Waals surface area (Å²) in [5.41, 5.74) is 0.696. The quantitative estimate of drug-likeness (QED) is 0.879. The summed E-state index contributed by atoms with van der Waals surface area (Å²) in [5.74, 6) is -2.53. The Morgan fingerprint density at radius 1 is 0.846 bits per heavy atom. The Hall–Kier alpha value is -3.16. The second-order valence-electron chi connectivity index (χ2n) is 6.12. The molecule has 26 heavy (non-hydrogen) atoms. The monoisotopic (exact) mass is 360 g/mol. The molecule has 2 aliphatic rings. The van der Waals surface area contributed by atoms with Crippen molar-refractivity contribution in [2.24, 2.45) is 11.8 Å². The van der Waals surface area contributed by atoms with E-state index in [0.717, 1.165) is 12.1 Å². The molecule has 0 spiro atoms. The molecule has 1 aliphatic heterocycles. The Morgan fingerprint density at radius 3 is 2.15 bits per heavy atom. The molecule has 1 heterocycles. The molecule has 8 heteroatoms. The van der Waals surface area contributed by atoms with Gasteiger partial charge in [0, 0.05) is 23.5 Å². The van der Waals surface area contributed by atoms with Gasteiger partial charge in [0.15, 0.2) is 23.1 Å². The Labute approximate surface area is 147 Å². The lowest BCUT2D eigenvalue weighted by atomic mass is 10.2. The standard InChI is InChI=1S/C18H14F2N2O4/c19-13-3-1-9(5-14(13)20)21-17(23)11-7-12(11)18(24)22-10-2-4-15-16(6-10)26-8-25-15/h1-6,11-12H,7-8H2,(H,21,23)(H,22,24). The number of nitrogens with one attached hydrogen (secondary N) is 2. The van der Waals surface area contributed by atoms with E-state index in [1.165, 1.54) is 6.07 Å². The van der Waals surface area contributed by atoms with Crippen LogP contribution in [0.15, 0.2) is 36.4 Å². The maximum atomic E-state index is 13.2. The lowest BCUT2D eigenvalue weighted by Gasteiger charge is -2.07. The lowest BCUT2D eigenvalue weighted by Crippen LogP contribution is -2.20. The van der Waals surface area contributed by atoms with Crippen LogP contribution < -0.4 is 20.1 Å². The topological polar surface area (TPSA) is 76.7 Å². The maximum Gasteiger partial charge on any atom is 0.231 e. The van der Waals surface area contributed by atoms with Crippen LogP contribution in [0.25, 0.3) is 0 Å². The fourth-order valence-corrected chi connectivity index (χ4v) is 2.79. The van der Waals surface area contributed by atoms with E-state index in [2.05, 4.69) is 10.6 Å². The Balaban J connectivity index is 1.34. The largest absolute Gasteiger partial charge is 0.454 e. The SMILES string of the molecule is O=C(Nc1ccc(F)c(F)c1)C1CC1C(=O)Nc1ccc2c(c1)OCO2. The summed E-state index contributed by atoms with van der Waals surface area (Å²) >= 11 is 0. The van der Waals surface area contributed by atoms with Gasteiger partial charge in [0.1, 0.15) is 0 Å². The second-order valence-corrected chi connectivity index (χ2v) is 6.12. The van der Waals surface area contributed by atoms with Crippen molar-refractivity contribution >= 4 is 23.2 Å². The van der Waals surface area contributed by atoms with E-state index in [0.29, 0.717) is 23.6 Å². The number of amides is 2. The molecule has 2 aromatic carbocycles. The summed E-state index contributed by atoms with van der Waals surface area (Å²) in [6, 6.07) is 8.13. The molecule has 6 nitrogen and oxygen atoms in total. The van der Waals surface area contributed by atoms with Crippen molar-refractivity contribution in [2.45, 2.75) is 6.42 Å². The van der Waals surface area contributed by atoms with Crippen molar-refractivity contribution in [3.8, 4) is 11.5 Å². The molecule has 0 aromatic heterocycles. The van der Waals surface area contributed by atoms with Crippen LogP contribution in [0.1, 0.15) is 6.42 Å². The lowest BCUT2D eigenvalue weighted by molar-refractivity contribution is -0.122. The Bertz CT molecular complexity index is 903. The highest BCUT2D eigenvalue weighted by Gasteiger charge is 2.48. The van der Waals surface area contributed by atoms with Crippen LogP contribution in [-0.4, -0.2) is 18.6 Å².